The van der Waals surface area contributed by atoms with Gasteiger partial charge in [-0.05, 0) is 37.3 Å². The number of aliphatic hydroxyl groups excluding tert-OH is 2. The van der Waals surface area contributed by atoms with E-state index in [1.807, 2.05) is 12.1 Å². The normalized spacial score (nSPS) is 11.3. The van der Waals surface area contributed by atoms with Crippen molar-refractivity contribution in [3.8, 4) is 11.3 Å². The van der Waals surface area contributed by atoms with Crippen molar-refractivity contribution in [2.75, 3.05) is 13.2 Å². The van der Waals surface area contributed by atoms with Crippen LogP contribution in [0.2, 0.25) is 10.0 Å². The fourth-order valence-corrected chi connectivity index (χ4v) is 2.15. The SMILES string of the molecule is CC(CO)(CO)NCc1ccc(-c2cc(Cl)ccc2Cl)o1.[Cl-]. The molecule has 0 saturated heterocycles. The van der Waals surface area contributed by atoms with Gasteiger partial charge in [-0.1, -0.05) is 23.2 Å². The maximum absolute atomic E-state index is 9.23. The molecule has 0 atom stereocenters. The molecule has 0 spiro atoms. The Morgan fingerprint density at radius 2 is 1.82 bits per heavy atom. The predicted octanol–water partition coefficient (Wildman–Crippen LogP) is 0.0903. The van der Waals surface area contributed by atoms with E-state index >= 15 is 0 Å². The summed E-state index contributed by atoms with van der Waals surface area (Å²) in [5, 5.41) is 22.6. The second-order valence-corrected chi connectivity index (χ2v) is 5.96. The van der Waals surface area contributed by atoms with Crippen molar-refractivity contribution in [2.24, 2.45) is 0 Å². The van der Waals surface area contributed by atoms with Crippen molar-refractivity contribution < 1.29 is 27.0 Å². The Labute approximate surface area is 145 Å². The molecule has 2 aromatic rings. The lowest BCUT2D eigenvalue weighted by Crippen LogP contribution is -3.00. The van der Waals surface area contributed by atoms with Crippen LogP contribution in [0.5, 0.6) is 0 Å². The first-order valence-electron chi connectivity index (χ1n) is 6.48. The van der Waals surface area contributed by atoms with Crippen LogP contribution < -0.4 is 17.7 Å². The van der Waals surface area contributed by atoms with Gasteiger partial charge in [0.2, 0.25) is 0 Å². The average molecular weight is 366 g/mol. The van der Waals surface area contributed by atoms with Crippen LogP contribution in [0, 0.1) is 0 Å². The molecule has 22 heavy (non-hydrogen) atoms. The van der Waals surface area contributed by atoms with Crippen LogP contribution in [0.4, 0.5) is 0 Å². The summed E-state index contributed by atoms with van der Waals surface area (Å²) in [5.74, 6) is 1.29. The van der Waals surface area contributed by atoms with Crippen molar-refractivity contribution >= 4 is 23.2 Å². The van der Waals surface area contributed by atoms with E-state index in [1.165, 1.54) is 0 Å². The molecule has 0 unspecified atom stereocenters. The summed E-state index contributed by atoms with van der Waals surface area (Å²) in [6.45, 7) is 1.77. The van der Waals surface area contributed by atoms with E-state index in [1.54, 1.807) is 25.1 Å². The topological polar surface area (TPSA) is 65.6 Å². The summed E-state index contributed by atoms with van der Waals surface area (Å²) in [6, 6.07) is 8.80. The Morgan fingerprint density at radius 3 is 2.45 bits per heavy atom. The smallest absolute Gasteiger partial charge is 0.135 e. The number of hydrogen-bond acceptors (Lipinski definition) is 4. The highest BCUT2D eigenvalue weighted by Crippen LogP contribution is 2.31. The fourth-order valence-electron chi connectivity index (χ4n) is 1.77. The standard InChI is InChI=1S/C15H17Cl2NO3.ClH/c1-15(8-19,9-20)18-7-11-3-5-14(21-11)12-6-10(16)2-4-13(12)17;/h2-6,18-20H,7-9H2,1H3;1H/p-1. The van der Waals surface area contributed by atoms with E-state index < -0.39 is 5.54 Å². The van der Waals surface area contributed by atoms with Gasteiger partial charge in [-0.2, -0.15) is 0 Å². The van der Waals surface area contributed by atoms with Crippen LogP contribution in [0.15, 0.2) is 34.7 Å². The van der Waals surface area contributed by atoms with Crippen LogP contribution >= 0.6 is 23.2 Å². The third-order valence-corrected chi connectivity index (χ3v) is 3.81. The molecular weight excluding hydrogens is 349 g/mol. The number of rotatable bonds is 6. The summed E-state index contributed by atoms with van der Waals surface area (Å²) >= 11 is 12.1. The summed E-state index contributed by atoms with van der Waals surface area (Å²) in [5.41, 5.74) is -0.0248. The highest BCUT2D eigenvalue weighted by molar-refractivity contribution is 6.35. The Hall–Kier alpha value is -0.750. The number of benzene rings is 1. The first-order valence-corrected chi connectivity index (χ1v) is 7.24. The van der Waals surface area contributed by atoms with E-state index in [0.29, 0.717) is 28.1 Å². The minimum absolute atomic E-state index is 0. The molecule has 4 nitrogen and oxygen atoms in total. The summed E-state index contributed by atoms with van der Waals surface area (Å²) < 4.78 is 5.72. The van der Waals surface area contributed by atoms with Gasteiger partial charge in [-0.25, -0.2) is 0 Å². The quantitative estimate of drug-likeness (QED) is 0.679. The molecule has 0 amide bonds. The number of halogens is 3. The minimum atomic E-state index is -0.749. The molecule has 0 aliphatic carbocycles. The lowest BCUT2D eigenvalue weighted by molar-refractivity contribution is -0.00000702. The van der Waals surface area contributed by atoms with Gasteiger partial charge < -0.3 is 32.4 Å². The molecule has 0 fully saturated rings. The molecule has 122 valence electrons. The van der Waals surface area contributed by atoms with Crippen LogP contribution in [0.3, 0.4) is 0 Å². The maximum atomic E-state index is 9.23. The number of hydrogen-bond donors (Lipinski definition) is 3. The third-order valence-electron chi connectivity index (χ3n) is 3.24. The molecule has 3 N–H and O–H groups in total. The Balaban J connectivity index is 0.00000242. The number of nitrogens with one attached hydrogen (secondary N) is 1. The first-order chi connectivity index (χ1) is 9.97. The van der Waals surface area contributed by atoms with Crippen LogP contribution in [-0.2, 0) is 6.54 Å². The molecule has 0 aliphatic rings. The third kappa shape index (κ3) is 4.62. The van der Waals surface area contributed by atoms with Crippen LogP contribution in [-0.4, -0.2) is 29.0 Å². The van der Waals surface area contributed by atoms with Crippen LogP contribution in [0.25, 0.3) is 11.3 Å². The molecular formula is C15H17Cl3NO3-. The first kappa shape index (κ1) is 19.3. The Kier molecular flexibility index (Phi) is 7.19. The molecule has 0 radical (unpaired) electrons. The minimum Gasteiger partial charge on any atom is -1.00 e. The molecule has 0 bridgehead atoms. The monoisotopic (exact) mass is 364 g/mol. The van der Waals surface area contributed by atoms with Gasteiger partial charge in [0.15, 0.2) is 0 Å². The van der Waals surface area contributed by atoms with Crippen LogP contribution in [0.1, 0.15) is 12.7 Å². The second-order valence-electron chi connectivity index (χ2n) is 5.12. The number of furan rings is 1. The van der Waals surface area contributed by atoms with E-state index in [0.717, 1.165) is 5.56 Å². The maximum Gasteiger partial charge on any atom is 0.135 e. The largest absolute Gasteiger partial charge is 1.00 e. The zero-order chi connectivity index (χ0) is 15.5. The summed E-state index contributed by atoms with van der Waals surface area (Å²) in [7, 11) is 0. The van der Waals surface area contributed by atoms with E-state index in [-0.39, 0.29) is 25.6 Å². The van der Waals surface area contributed by atoms with E-state index in [2.05, 4.69) is 5.32 Å². The molecule has 2 rings (SSSR count). The van der Waals surface area contributed by atoms with Gasteiger partial charge in [-0.15, -0.1) is 0 Å². The predicted molar refractivity (Wildman–Crippen MR) is 83.6 cm³/mol. The molecule has 1 aromatic heterocycles. The highest BCUT2D eigenvalue weighted by atomic mass is 35.5. The lowest BCUT2D eigenvalue weighted by Gasteiger charge is -2.25. The van der Waals surface area contributed by atoms with E-state index in [4.69, 9.17) is 27.6 Å². The molecule has 0 aliphatic heterocycles. The molecule has 1 aromatic carbocycles. The zero-order valence-corrected chi connectivity index (χ0v) is 14.2. The van der Waals surface area contributed by atoms with Crippen molar-refractivity contribution in [1.82, 2.24) is 5.32 Å². The van der Waals surface area contributed by atoms with Gasteiger partial charge in [0, 0.05) is 10.6 Å². The van der Waals surface area contributed by atoms with Gasteiger partial charge in [0.05, 0.1) is 30.3 Å². The molecule has 0 saturated carbocycles. The van der Waals surface area contributed by atoms with Gasteiger partial charge in [0.1, 0.15) is 11.5 Å². The Morgan fingerprint density at radius 1 is 1.14 bits per heavy atom. The van der Waals surface area contributed by atoms with Crippen molar-refractivity contribution in [3.05, 3.63) is 46.1 Å². The lowest BCUT2D eigenvalue weighted by atomic mass is 10.1. The van der Waals surface area contributed by atoms with Crippen molar-refractivity contribution in [2.45, 2.75) is 19.0 Å². The summed E-state index contributed by atoms with van der Waals surface area (Å²) in [4.78, 5) is 0. The summed E-state index contributed by atoms with van der Waals surface area (Å²) in [6.07, 6.45) is 0. The van der Waals surface area contributed by atoms with Gasteiger partial charge in [-0.3, -0.25) is 0 Å². The second kappa shape index (κ2) is 8.20. The fraction of sp³-hybridized carbons (Fsp3) is 0.333. The van der Waals surface area contributed by atoms with Crippen molar-refractivity contribution in [3.63, 3.8) is 0 Å². The average Bonchev–Trinajstić information content (AvgIpc) is 2.96. The zero-order valence-electron chi connectivity index (χ0n) is 11.9. The van der Waals surface area contributed by atoms with Crippen molar-refractivity contribution in [1.29, 1.82) is 0 Å². The van der Waals surface area contributed by atoms with E-state index in [9.17, 15) is 10.2 Å². The van der Waals surface area contributed by atoms with Gasteiger partial charge in [0.25, 0.3) is 0 Å². The highest BCUT2D eigenvalue weighted by Gasteiger charge is 2.21. The molecule has 1 heterocycles. The number of aliphatic hydroxyl groups is 2. The van der Waals surface area contributed by atoms with Gasteiger partial charge >= 0.3 is 0 Å². The Bertz CT molecular complexity index is 612. The molecule has 7 heteroatoms.